The van der Waals surface area contributed by atoms with E-state index in [0.717, 1.165) is 23.1 Å². The molecule has 0 N–H and O–H groups in total. The van der Waals surface area contributed by atoms with Crippen LogP contribution in [0.5, 0.6) is 0 Å². The molecule has 0 nitrogen and oxygen atoms in total. The molecule has 0 heterocycles. The highest BCUT2D eigenvalue weighted by molar-refractivity contribution is 6.34. The molecule has 0 radical (unpaired) electrons. The zero-order valence-electron chi connectivity index (χ0n) is 15.4. The topological polar surface area (TPSA) is 0 Å². The fourth-order valence-electron chi connectivity index (χ4n) is 3.57. The van der Waals surface area contributed by atoms with E-state index in [2.05, 4.69) is 48.5 Å². The van der Waals surface area contributed by atoms with Crippen LogP contribution in [0.15, 0.2) is 109 Å². The maximum absolute atomic E-state index is 7.35. The van der Waals surface area contributed by atoms with Crippen LogP contribution in [0.25, 0.3) is 0 Å². The summed E-state index contributed by atoms with van der Waals surface area (Å²) in [5.41, 5.74) is 5.44. The molecule has 1 atom stereocenters. The van der Waals surface area contributed by atoms with Crippen molar-refractivity contribution in [2.45, 2.75) is 11.3 Å². The Kier molecular flexibility index (Phi) is 5.52. The molecule has 0 saturated heterocycles. The van der Waals surface area contributed by atoms with Crippen LogP contribution in [0.2, 0.25) is 5.02 Å². The molecule has 0 aliphatic rings. The molecule has 2 heteroatoms. The van der Waals surface area contributed by atoms with Crippen LogP contribution in [0.1, 0.15) is 27.8 Å². The van der Waals surface area contributed by atoms with Crippen LogP contribution < -0.4 is 0 Å². The lowest BCUT2D eigenvalue weighted by Gasteiger charge is -2.30. The van der Waals surface area contributed by atoms with Crippen molar-refractivity contribution in [3.63, 3.8) is 0 Å². The van der Waals surface area contributed by atoms with E-state index in [1.807, 2.05) is 60.7 Å². The fourth-order valence-corrected chi connectivity index (χ4v) is 4.31. The van der Waals surface area contributed by atoms with Gasteiger partial charge in [-0.25, -0.2) is 0 Å². The van der Waals surface area contributed by atoms with Gasteiger partial charge in [0, 0.05) is 10.6 Å². The van der Waals surface area contributed by atoms with E-state index in [9.17, 15) is 0 Å². The maximum atomic E-state index is 7.35. The molecule has 0 spiro atoms. The zero-order valence-corrected chi connectivity index (χ0v) is 16.9. The minimum atomic E-state index is -0.842. The Hall–Kier alpha value is -2.54. The van der Waals surface area contributed by atoms with Crippen molar-refractivity contribution in [1.82, 2.24) is 0 Å². The highest BCUT2D eigenvalue weighted by Gasteiger charge is 2.35. The second-order valence-corrected chi connectivity index (χ2v) is 7.84. The van der Waals surface area contributed by atoms with E-state index < -0.39 is 4.87 Å². The van der Waals surface area contributed by atoms with Crippen molar-refractivity contribution < 1.29 is 0 Å². The molecule has 0 fully saturated rings. The van der Waals surface area contributed by atoms with Crippen molar-refractivity contribution in [1.29, 1.82) is 0 Å². The van der Waals surface area contributed by atoms with Gasteiger partial charge in [-0.2, -0.15) is 0 Å². The lowest BCUT2D eigenvalue weighted by molar-refractivity contribution is 0.878. The molecule has 138 valence electrons. The van der Waals surface area contributed by atoms with E-state index >= 15 is 0 Å². The lowest BCUT2D eigenvalue weighted by Crippen LogP contribution is -2.22. The summed E-state index contributed by atoms with van der Waals surface area (Å²) >= 11 is 13.9. The molecule has 4 aromatic rings. The molecule has 0 saturated carbocycles. The monoisotopic (exact) mass is 402 g/mol. The van der Waals surface area contributed by atoms with Crippen molar-refractivity contribution >= 4 is 23.2 Å². The quantitative estimate of drug-likeness (QED) is 0.240. The third kappa shape index (κ3) is 3.71. The van der Waals surface area contributed by atoms with Crippen LogP contribution in [-0.4, -0.2) is 0 Å². The molecule has 0 aliphatic carbocycles. The number of hydrogen-bond donors (Lipinski definition) is 0. The largest absolute Gasteiger partial charge is 0.121 e. The fraction of sp³-hybridized carbons (Fsp3) is 0.0769. The number of alkyl halides is 1. The first-order valence-electron chi connectivity index (χ1n) is 9.31. The van der Waals surface area contributed by atoms with Crippen molar-refractivity contribution in [2.24, 2.45) is 0 Å². The minimum absolute atomic E-state index is 0.662. The van der Waals surface area contributed by atoms with Gasteiger partial charge < -0.3 is 0 Å². The molecular formula is C26H20Cl2. The van der Waals surface area contributed by atoms with Gasteiger partial charge in [-0.1, -0.05) is 115 Å². The molecule has 1 unspecified atom stereocenters. The smallest absolute Gasteiger partial charge is 0.103 e. The Bertz CT molecular complexity index is 1040. The normalized spacial score (nSPS) is 13.1. The van der Waals surface area contributed by atoms with Crippen molar-refractivity contribution in [2.75, 3.05) is 0 Å². The Morgan fingerprint density at radius 3 is 1.68 bits per heavy atom. The van der Waals surface area contributed by atoms with Crippen LogP contribution in [-0.2, 0) is 11.3 Å². The average molecular weight is 403 g/mol. The van der Waals surface area contributed by atoms with Crippen molar-refractivity contribution in [3.05, 3.63) is 142 Å². The molecule has 0 bridgehead atoms. The van der Waals surface area contributed by atoms with Gasteiger partial charge in [0.2, 0.25) is 0 Å². The highest BCUT2D eigenvalue weighted by Crippen LogP contribution is 2.45. The van der Waals surface area contributed by atoms with E-state index in [-0.39, 0.29) is 0 Å². The molecule has 0 aliphatic heterocycles. The van der Waals surface area contributed by atoms with Crippen LogP contribution in [0.4, 0.5) is 0 Å². The van der Waals surface area contributed by atoms with Gasteiger partial charge in [-0.15, -0.1) is 11.6 Å². The van der Waals surface area contributed by atoms with E-state index in [0.29, 0.717) is 5.02 Å². The Morgan fingerprint density at radius 2 is 1.04 bits per heavy atom. The standard InChI is InChI=1S/C26H20Cl2/c27-25-14-8-7-13-24(25)26(28,22-11-5-2-6-12-22)23-17-15-21(16-18-23)19-20-9-3-1-4-10-20/h1-18H,19H2. The van der Waals surface area contributed by atoms with E-state index in [1.165, 1.54) is 11.1 Å². The van der Waals surface area contributed by atoms with Gasteiger partial charge in [0.25, 0.3) is 0 Å². The molecule has 4 aromatic carbocycles. The maximum Gasteiger partial charge on any atom is 0.121 e. The summed E-state index contributed by atoms with van der Waals surface area (Å²) in [7, 11) is 0. The van der Waals surface area contributed by atoms with Gasteiger partial charge in [-0.05, 0) is 34.7 Å². The number of rotatable bonds is 5. The summed E-state index contributed by atoms with van der Waals surface area (Å²) in [5, 5.41) is 0.662. The molecule has 4 rings (SSSR count). The van der Waals surface area contributed by atoms with Crippen LogP contribution in [0.3, 0.4) is 0 Å². The highest BCUT2D eigenvalue weighted by atomic mass is 35.5. The summed E-state index contributed by atoms with van der Waals surface area (Å²) in [6, 6.07) is 36.9. The number of halogens is 2. The number of hydrogen-bond acceptors (Lipinski definition) is 0. The molecular weight excluding hydrogens is 383 g/mol. The van der Waals surface area contributed by atoms with Crippen LogP contribution >= 0.6 is 23.2 Å². The Labute approximate surface area is 176 Å². The van der Waals surface area contributed by atoms with Crippen molar-refractivity contribution in [3.8, 4) is 0 Å². The average Bonchev–Trinajstić information content (AvgIpc) is 2.75. The first kappa shape index (κ1) is 18.8. The predicted molar refractivity (Wildman–Crippen MR) is 119 cm³/mol. The van der Waals surface area contributed by atoms with Crippen LogP contribution in [0, 0.1) is 0 Å². The molecule has 0 amide bonds. The first-order chi connectivity index (χ1) is 13.7. The third-order valence-corrected chi connectivity index (χ3v) is 5.99. The van der Waals surface area contributed by atoms with Gasteiger partial charge in [0.15, 0.2) is 0 Å². The van der Waals surface area contributed by atoms with Gasteiger partial charge in [0.1, 0.15) is 4.87 Å². The first-order valence-corrected chi connectivity index (χ1v) is 10.1. The van der Waals surface area contributed by atoms with E-state index in [1.54, 1.807) is 0 Å². The second-order valence-electron chi connectivity index (χ2n) is 6.86. The van der Waals surface area contributed by atoms with Gasteiger partial charge in [-0.3, -0.25) is 0 Å². The third-order valence-electron chi connectivity index (χ3n) is 5.02. The Balaban J connectivity index is 1.76. The van der Waals surface area contributed by atoms with Gasteiger partial charge in [0.05, 0.1) is 0 Å². The Morgan fingerprint density at radius 1 is 0.536 bits per heavy atom. The molecule has 28 heavy (non-hydrogen) atoms. The number of benzene rings is 4. The summed E-state index contributed by atoms with van der Waals surface area (Å²) in [4.78, 5) is -0.842. The van der Waals surface area contributed by atoms with Gasteiger partial charge >= 0.3 is 0 Å². The second kappa shape index (κ2) is 8.22. The lowest BCUT2D eigenvalue weighted by atomic mass is 9.83. The summed E-state index contributed by atoms with van der Waals surface area (Å²) < 4.78 is 0. The zero-order chi connectivity index (χ0) is 19.4. The minimum Gasteiger partial charge on any atom is -0.103 e. The summed E-state index contributed by atoms with van der Waals surface area (Å²) in [6.07, 6.45) is 0.897. The summed E-state index contributed by atoms with van der Waals surface area (Å²) in [6.45, 7) is 0. The SMILES string of the molecule is Clc1ccccc1C(Cl)(c1ccccc1)c1ccc(Cc2ccccc2)cc1. The summed E-state index contributed by atoms with van der Waals surface area (Å²) in [5.74, 6) is 0. The molecule has 0 aromatic heterocycles. The predicted octanol–water partition coefficient (Wildman–Crippen LogP) is 7.46. The van der Waals surface area contributed by atoms with E-state index in [4.69, 9.17) is 23.2 Å².